The minimum absolute atomic E-state index is 1.06. The number of hydrogen-bond acceptors (Lipinski definition) is 3. The lowest BCUT2D eigenvalue weighted by Gasteiger charge is -2.24. The Kier molecular flexibility index (Phi) is 3.56. The van der Waals surface area contributed by atoms with Gasteiger partial charge in [0.15, 0.2) is 0 Å². The normalized spacial score (nSPS) is 18.6. The standard InChI is InChI=1S/C9H19N3/c1-4-10-5-6-12-8-9(2)7-11(12)3/h8,10H,4-7H2,1-3H3. The fourth-order valence-electron chi connectivity index (χ4n) is 1.45. The molecule has 0 spiro atoms. The number of likely N-dealkylation sites (N-methyl/N-ethyl adjacent to an activating group) is 2. The molecular weight excluding hydrogens is 150 g/mol. The van der Waals surface area contributed by atoms with Crippen LogP contribution in [0.2, 0.25) is 0 Å². The van der Waals surface area contributed by atoms with Gasteiger partial charge in [0.1, 0.15) is 0 Å². The van der Waals surface area contributed by atoms with Gasteiger partial charge in [-0.05, 0) is 19.0 Å². The monoisotopic (exact) mass is 169 g/mol. The van der Waals surface area contributed by atoms with E-state index in [0.29, 0.717) is 0 Å². The second-order valence-corrected chi connectivity index (χ2v) is 3.31. The van der Waals surface area contributed by atoms with Gasteiger partial charge in [0.25, 0.3) is 0 Å². The van der Waals surface area contributed by atoms with Gasteiger partial charge in [0, 0.05) is 32.9 Å². The van der Waals surface area contributed by atoms with Crippen molar-refractivity contribution in [2.24, 2.45) is 0 Å². The molecule has 1 aliphatic heterocycles. The number of hydrazine groups is 1. The zero-order valence-electron chi connectivity index (χ0n) is 8.30. The topological polar surface area (TPSA) is 18.5 Å². The van der Waals surface area contributed by atoms with Gasteiger partial charge in [-0.25, -0.2) is 5.01 Å². The van der Waals surface area contributed by atoms with Crippen molar-refractivity contribution < 1.29 is 0 Å². The van der Waals surface area contributed by atoms with Crippen LogP contribution in [-0.2, 0) is 0 Å². The van der Waals surface area contributed by atoms with Crippen LogP contribution in [0.1, 0.15) is 13.8 Å². The van der Waals surface area contributed by atoms with Crippen molar-refractivity contribution in [1.82, 2.24) is 15.3 Å². The highest BCUT2D eigenvalue weighted by atomic mass is 15.6. The molecule has 1 N–H and O–H groups in total. The van der Waals surface area contributed by atoms with E-state index in [1.54, 1.807) is 0 Å². The molecule has 0 fully saturated rings. The van der Waals surface area contributed by atoms with E-state index in [2.05, 4.69) is 42.4 Å². The molecule has 70 valence electrons. The SMILES string of the molecule is CCNCCN1C=C(C)CN1C. The Bertz CT molecular complexity index is 165. The van der Waals surface area contributed by atoms with Crippen molar-refractivity contribution in [2.45, 2.75) is 13.8 Å². The maximum absolute atomic E-state index is 3.31. The van der Waals surface area contributed by atoms with Crippen LogP contribution >= 0.6 is 0 Å². The van der Waals surface area contributed by atoms with Gasteiger partial charge in [-0.1, -0.05) is 6.92 Å². The average molecular weight is 169 g/mol. The Morgan fingerprint density at radius 3 is 2.83 bits per heavy atom. The van der Waals surface area contributed by atoms with Crippen molar-refractivity contribution in [3.8, 4) is 0 Å². The first-order valence-electron chi connectivity index (χ1n) is 4.59. The molecule has 1 heterocycles. The van der Waals surface area contributed by atoms with Crippen LogP contribution in [0.15, 0.2) is 11.8 Å². The van der Waals surface area contributed by atoms with E-state index >= 15 is 0 Å². The molecule has 0 atom stereocenters. The molecule has 0 aromatic carbocycles. The van der Waals surface area contributed by atoms with Gasteiger partial charge in [0.05, 0.1) is 0 Å². The van der Waals surface area contributed by atoms with Gasteiger partial charge in [-0.2, -0.15) is 0 Å². The lowest BCUT2D eigenvalue weighted by molar-refractivity contribution is 0.0848. The summed E-state index contributed by atoms with van der Waals surface area (Å²) in [6, 6.07) is 0. The molecule has 0 amide bonds. The van der Waals surface area contributed by atoms with E-state index in [1.165, 1.54) is 5.57 Å². The van der Waals surface area contributed by atoms with E-state index in [4.69, 9.17) is 0 Å². The molecule has 0 aromatic rings. The van der Waals surface area contributed by atoms with E-state index in [0.717, 1.165) is 26.2 Å². The van der Waals surface area contributed by atoms with Crippen LogP contribution in [0.5, 0.6) is 0 Å². The molecule has 0 saturated heterocycles. The first-order valence-corrected chi connectivity index (χ1v) is 4.59. The van der Waals surface area contributed by atoms with E-state index in [9.17, 15) is 0 Å². The predicted octanol–water partition coefficient (Wildman–Crippen LogP) is 0.662. The Labute approximate surface area is 75.0 Å². The van der Waals surface area contributed by atoms with Crippen LogP contribution in [0.25, 0.3) is 0 Å². The number of nitrogens with zero attached hydrogens (tertiary/aromatic N) is 2. The molecule has 1 aliphatic rings. The Balaban J connectivity index is 2.23. The van der Waals surface area contributed by atoms with Crippen molar-refractivity contribution in [2.75, 3.05) is 33.2 Å². The number of hydrogen-bond donors (Lipinski definition) is 1. The summed E-state index contributed by atoms with van der Waals surface area (Å²) in [6.07, 6.45) is 2.22. The Hall–Kier alpha value is -0.540. The third kappa shape index (κ3) is 2.50. The Morgan fingerprint density at radius 1 is 1.58 bits per heavy atom. The van der Waals surface area contributed by atoms with Crippen molar-refractivity contribution in [3.63, 3.8) is 0 Å². The van der Waals surface area contributed by atoms with E-state index < -0.39 is 0 Å². The summed E-state index contributed by atoms with van der Waals surface area (Å²) >= 11 is 0. The highest BCUT2D eigenvalue weighted by Gasteiger charge is 2.13. The molecule has 0 saturated carbocycles. The zero-order valence-corrected chi connectivity index (χ0v) is 8.30. The molecule has 0 aliphatic carbocycles. The summed E-state index contributed by atoms with van der Waals surface area (Å²) in [6.45, 7) is 8.57. The highest BCUT2D eigenvalue weighted by molar-refractivity contribution is 5.04. The minimum Gasteiger partial charge on any atom is -0.315 e. The first kappa shape index (κ1) is 9.55. The van der Waals surface area contributed by atoms with E-state index in [1.807, 2.05) is 0 Å². The van der Waals surface area contributed by atoms with Crippen molar-refractivity contribution in [1.29, 1.82) is 0 Å². The van der Waals surface area contributed by atoms with Crippen LogP contribution in [-0.4, -0.2) is 43.2 Å². The molecule has 0 radical (unpaired) electrons. The van der Waals surface area contributed by atoms with Crippen LogP contribution in [0, 0.1) is 0 Å². The lowest BCUT2D eigenvalue weighted by atomic mass is 10.3. The molecule has 3 heteroatoms. The zero-order chi connectivity index (χ0) is 8.97. The van der Waals surface area contributed by atoms with Crippen LogP contribution in [0.4, 0.5) is 0 Å². The third-order valence-corrected chi connectivity index (χ3v) is 2.05. The molecule has 1 rings (SSSR count). The third-order valence-electron chi connectivity index (χ3n) is 2.05. The van der Waals surface area contributed by atoms with Gasteiger partial charge < -0.3 is 10.3 Å². The summed E-state index contributed by atoms with van der Waals surface area (Å²) in [7, 11) is 2.12. The van der Waals surface area contributed by atoms with Gasteiger partial charge in [0.2, 0.25) is 0 Å². The van der Waals surface area contributed by atoms with Crippen LogP contribution in [0.3, 0.4) is 0 Å². The molecule has 0 unspecified atom stereocenters. The smallest absolute Gasteiger partial charge is 0.0465 e. The molecule has 0 bridgehead atoms. The van der Waals surface area contributed by atoms with E-state index in [-0.39, 0.29) is 0 Å². The number of rotatable bonds is 4. The molecule has 12 heavy (non-hydrogen) atoms. The summed E-state index contributed by atoms with van der Waals surface area (Å²) in [5.74, 6) is 0. The predicted molar refractivity (Wildman–Crippen MR) is 51.6 cm³/mol. The second kappa shape index (κ2) is 4.48. The molecule has 3 nitrogen and oxygen atoms in total. The van der Waals surface area contributed by atoms with Gasteiger partial charge in [-0.3, -0.25) is 0 Å². The highest BCUT2D eigenvalue weighted by Crippen LogP contribution is 2.10. The first-order chi connectivity index (χ1) is 5.74. The maximum atomic E-state index is 3.31. The summed E-state index contributed by atoms with van der Waals surface area (Å²) in [5.41, 5.74) is 1.44. The van der Waals surface area contributed by atoms with Crippen LogP contribution < -0.4 is 5.32 Å². The van der Waals surface area contributed by atoms with Crippen molar-refractivity contribution >= 4 is 0 Å². The minimum atomic E-state index is 1.06. The molecular formula is C9H19N3. The summed E-state index contributed by atoms with van der Waals surface area (Å²) < 4.78 is 0. The Morgan fingerprint density at radius 2 is 2.33 bits per heavy atom. The summed E-state index contributed by atoms with van der Waals surface area (Å²) in [4.78, 5) is 0. The molecule has 0 aromatic heterocycles. The average Bonchev–Trinajstić information content (AvgIpc) is 2.31. The van der Waals surface area contributed by atoms with Crippen molar-refractivity contribution in [3.05, 3.63) is 11.8 Å². The number of nitrogens with one attached hydrogen (secondary N) is 1. The second-order valence-electron chi connectivity index (χ2n) is 3.31. The quantitative estimate of drug-likeness (QED) is 0.624. The maximum Gasteiger partial charge on any atom is 0.0465 e. The van der Waals surface area contributed by atoms with Gasteiger partial charge >= 0.3 is 0 Å². The summed E-state index contributed by atoms with van der Waals surface area (Å²) in [5, 5.41) is 7.82. The van der Waals surface area contributed by atoms with Gasteiger partial charge in [-0.15, -0.1) is 0 Å². The largest absolute Gasteiger partial charge is 0.315 e. The fraction of sp³-hybridized carbons (Fsp3) is 0.778. The lowest BCUT2D eigenvalue weighted by Crippen LogP contribution is -2.36. The fourth-order valence-corrected chi connectivity index (χ4v) is 1.45.